The van der Waals surface area contributed by atoms with Gasteiger partial charge in [0.25, 0.3) is 0 Å². The molecule has 0 unspecified atom stereocenters. The number of anilines is 1. The Bertz CT molecular complexity index is 1170. The first kappa shape index (κ1) is 20.0. The van der Waals surface area contributed by atoms with E-state index in [1.165, 1.54) is 16.5 Å². The van der Waals surface area contributed by atoms with Gasteiger partial charge in [0, 0.05) is 40.9 Å². The maximum absolute atomic E-state index is 11.8. The van der Waals surface area contributed by atoms with Crippen LogP contribution in [0.2, 0.25) is 5.02 Å². The Balaban J connectivity index is 1.53. The van der Waals surface area contributed by atoms with Crippen molar-refractivity contribution in [1.82, 2.24) is 4.57 Å². The van der Waals surface area contributed by atoms with Gasteiger partial charge in [-0.3, -0.25) is 0 Å². The number of benzene rings is 3. The minimum atomic E-state index is -0.299. The summed E-state index contributed by atoms with van der Waals surface area (Å²) in [4.78, 5) is 11.8. The van der Waals surface area contributed by atoms with Crippen LogP contribution in [-0.4, -0.2) is 17.1 Å². The second-order valence-corrected chi connectivity index (χ2v) is 7.45. The maximum atomic E-state index is 11.8. The second-order valence-electron chi connectivity index (χ2n) is 7.04. The lowest BCUT2D eigenvalue weighted by Crippen LogP contribution is -2.05. The molecule has 4 aromatic rings. The summed E-state index contributed by atoms with van der Waals surface area (Å²) in [7, 11) is 0. The van der Waals surface area contributed by atoms with E-state index in [9.17, 15) is 4.79 Å². The highest BCUT2D eigenvalue weighted by Gasteiger charge is 2.10. The Hall–Kier alpha value is -3.24. The maximum Gasteiger partial charge on any atom is 0.338 e. The average molecular weight is 419 g/mol. The number of carbonyl (C=O) groups is 1. The number of ether oxygens (including phenoxy) is 1. The van der Waals surface area contributed by atoms with Gasteiger partial charge in [0.15, 0.2) is 0 Å². The third kappa shape index (κ3) is 4.34. The zero-order chi connectivity index (χ0) is 20.9. The fourth-order valence-corrected chi connectivity index (χ4v) is 3.74. The molecule has 0 saturated carbocycles. The standard InChI is InChI=1S/C25H23ClN2O2/c1-2-30-25(29)18-11-13-21(14-12-18)27-15-20-17-28(24-10-6-4-8-22(20)24)16-19-7-3-5-9-23(19)26/h3-14,17,27H,2,15-16H2,1H3. The SMILES string of the molecule is CCOC(=O)c1ccc(NCc2cn(Cc3ccccc3Cl)c3ccccc23)cc1. The number of nitrogens with one attached hydrogen (secondary N) is 1. The Morgan fingerprint density at radius 2 is 1.70 bits per heavy atom. The highest BCUT2D eigenvalue weighted by Crippen LogP contribution is 2.25. The molecule has 30 heavy (non-hydrogen) atoms. The van der Waals surface area contributed by atoms with Crippen molar-refractivity contribution in [3.63, 3.8) is 0 Å². The van der Waals surface area contributed by atoms with E-state index in [2.05, 4.69) is 46.4 Å². The molecule has 0 aliphatic carbocycles. The number of fused-ring (bicyclic) bond motifs is 1. The van der Waals surface area contributed by atoms with E-state index in [0.29, 0.717) is 25.3 Å². The molecule has 0 spiro atoms. The van der Waals surface area contributed by atoms with Crippen molar-refractivity contribution in [1.29, 1.82) is 0 Å². The number of aromatic nitrogens is 1. The molecule has 1 aromatic heterocycles. The van der Waals surface area contributed by atoms with Crippen molar-refractivity contribution < 1.29 is 9.53 Å². The highest BCUT2D eigenvalue weighted by atomic mass is 35.5. The van der Waals surface area contributed by atoms with Crippen LogP contribution in [0.15, 0.2) is 79.0 Å². The molecule has 5 heteroatoms. The van der Waals surface area contributed by atoms with Crippen molar-refractivity contribution >= 4 is 34.2 Å². The summed E-state index contributed by atoms with van der Waals surface area (Å²) >= 11 is 6.37. The number of para-hydroxylation sites is 1. The predicted octanol–water partition coefficient (Wildman–Crippen LogP) is 6.13. The van der Waals surface area contributed by atoms with Gasteiger partial charge >= 0.3 is 5.97 Å². The molecule has 0 fully saturated rings. The van der Waals surface area contributed by atoms with Crippen molar-refractivity contribution in [2.24, 2.45) is 0 Å². The Morgan fingerprint density at radius 3 is 2.47 bits per heavy atom. The van der Waals surface area contributed by atoms with Crippen LogP contribution in [0.25, 0.3) is 10.9 Å². The smallest absolute Gasteiger partial charge is 0.338 e. The zero-order valence-electron chi connectivity index (χ0n) is 16.8. The second kappa shape index (κ2) is 9.06. The molecule has 0 saturated heterocycles. The molecule has 1 N–H and O–H groups in total. The van der Waals surface area contributed by atoms with E-state index in [1.54, 1.807) is 19.1 Å². The van der Waals surface area contributed by atoms with Crippen molar-refractivity contribution in [3.8, 4) is 0 Å². The van der Waals surface area contributed by atoms with Gasteiger partial charge in [0.1, 0.15) is 0 Å². The average Bonchev–Trinajstić information content (AvgIpc) is 3.12. The van der Waals surface area contributed by atoms with Crippen molar-refractivity contribution in [3.05, 3.63) is 101 Å². The fourth-order valence-electron chi connectivity index (χ4n) is 3.54. The summed E-state index contributed by atoms with van der Waals surface area (Å²) in [5.41, 5.74) is 4.97. The Labute approximate surface area is 181 Å². The van der Waals surface area contributed by atoms with Gasteiger partial charge in [-0.15, -0.1) is 0 Å². The monoisotopic (exact) mass is 418 g/mol. The highest BCUT2D eigenvalue weighted by molar-refractivity contribution is 6.31. The van der Waals surface area contributed by atoms with E-state index in [4.69, 9.17) is 16.3 Å². The molecule has 0 aliphatic rings. The zero-order valence-corrected chi connectivity index (χ0v) is 17.5. The normalized spacial score (nSPS) is 10.9. The molecular weight excluding hydrogens is 396 g/mol. The Morgan fingerprint density at radius 1 is 0.967 bits per heavy atom. The van der Waals surface area contributed by atoms with Gasteiger partial charge in [-0.1, -0.05) is 48.0 Å². The van der Waals surface area contributed by atoms with Crippen LogP contribution in [0, 0.1) is 0 Å². The van der Waals surface area contributed by atoms with E-state index >= 15 is 0 Å². The summed E-state index contributed by atoms with van der Waals surface area (Å²) in [5, 5.41) is 5.43. The number of hydrogen-bond acceptors (Lipinski definition) is 3. The first-order valence-electron chi connectivity index (χ1n) is 9.97. The van der Waals surface area contributed by atoms with Gasteiger partial charge in [-0.05, 0) is 54.4 Å². The van der Waals surface area contributed by atoms with Gasteiger partial charge in [-0.25, -0.2) is 4.79 Å². The molecule has 4 nitrogen and oxygen atoms in total. The third-order valence-electron chi connectivity index (χ3n) is 5.05. The van der Waals surface area contributed by atoms with Crippen LogP contribution in [-0.2, 0) is 17.8 Å². The molecule has 0 bridgehead atoms. The number of hydrogen-bond donors (Lipinski definition) is 1. The minimum Gasteiger partial charge on any atom is -0.462 e. The van der Waals surface area contributed by atoms with E-state index < -0.39 is 0 Å². The molecule has 0 amide bonds. The lowest BCUT2D eigenvalue weighted by molar-refractivity contribution is 0.0526. The molecule has 0 atom stereocenters. The van der Waals surface area contributed by atoms with Crippen LogP contribution in [0.5, 0.6) is 0 Å². The largest absolute Gasteiger partial charge is 0.462 e. The summed E-state index contributed by atoms with van der Waals surface area (Å²) in [5.74, 6) is -0.299. The topological polar surface area (TPSA) is 43.3 Å². The number of rotatable bonds is 7. The van der Waals surface area contributed by atoms with Crippen LogP contribution < -0.4 is 5.32 Å². The molecular formula is C25H23ClN2O2. The quantitative estimate of drug-likeness (QED) is 0.367. The lowest BCUT2D eigenvalue weighted by Gasteiger charge is -2.07. The van der Waals surface area contributed by atoms with E-state index in [-0.39, 0.29) is 5.97 Å². The summed E-state index contributed by atoms with van der Waals surface area (Å²) in [6.45, 7) is 3.57. The van der Waals surface area contributed by atoms with Crippen molar-refractivity contribution in [2.45, 2.75) is 20.0 Å². The fraction of sp³-hybridized carbons (Fsp3) is 0.160. The summed E-state index contributed by atoms with van der Waals surface area (Å²) < 4.78 is 7.27. The van der Waals surface area contributed by atoms with E-state index in [0.717, 1.165) is 16.3 Å². The van der Waals surface area contributed by atoms with E-state index in [1.807, 2.05) is 30.3 Å². The summed E-state index contributed by atoms with van der Waals surface area (Å²) in [6, 6.07) is 23.7. The van der Waals surface area contributed by atoms with Crippen LogP contribution in [0.1, 0.15) is 28.4 Å². The van der Waals surface area contributed by atoms with Gasteiger partial charge in [0.2, 0.25) is 0 Å². The van der Waals surface area contributed by atoms with Gasteiger partial charge in [-0.2, -0.15) is 0 Å². The number of carbonyl (C=O) groups excluding carboxylic acids is 1. The number of nitrogens with zero attached hydrogens (tertiary/aromatic N) is 1. The first-order valence-corrected chi connectivity index (χ1v) is 10.3. The van der Waals surface area contributed by atoms with Crippen LogP contribution >= 0.6 is 11.6 Å². The van der Waals surface area contributed by atoms with Gasteiger partial charge < -0.3 is 14.6 Å². The number of halogens is 1. The van der Waals surface area contributed by atoms with Crippen LogP contribution in [0.4, 0.5) is 5.69 Å². The van der Waals surface area contributed by atoms with Crippen molar-refractivity contribution in [2.75, 3.05) is 11.9 Å². The lowest BCUT2D eigenvalue weighted by atomic mass is 10.1. The molecule has 0 radical (unpaired) electrons. The van der Waals surface area contributed by atoms with Gasteiger partial charge in [0.05, 0.1) is 12.2 Å². The van der Waals surface area contributed by atoms with Crippen LogP contribution in [0.3, 0.4) is 0 Å². The summed E-state index contributed by atoms with van der Waals surface area (Å²) in [6.07, 6.45) is 2.17. The third-order valence-corrected chi connectivity index (χ3v) is 5.42. The molecule has 0 aliphatic heterocycles. The molecule has 152 valence electrons. The number of esters is 1. The molecule has 4 rings (SSSR count). The minimum absolute atomic E-state index is 0.299. The Kier molecular flexibility index (Phi) is 6.05. The molecule has 1 heterocycles. The first-order chi connectivity index (χ1) is 14.7. The predicted molar refractivity (Wildman–Crippen MR) is 122 cm³/mol. The molecule has 3 aromatic carbocycles.